The second-order valence-electron chi connectivity index (χ2n) is 5.96. The maximum Gasteiger partial charge on any atom is 0.306 e. The zero-order valence-electron chi connectivity index (χ0n) is 14.9. The van der Waals surface area contributed by atoms with E-state index in [0.717, 1.165) is 22.6 Å². The van der Waals surface area contributed by atoms with Crippen molar-refractivity contribution in [3.63, 3.8) is 0 Å². The molecule has 0 heterocycles. The SMILES string of the molecule is CCOC(CC(=O)O)c1ccc(OCc2cccc(N(C)C)c2)cc1. The summed E-state index contributed by atoms with van der Waals surface area (Å²) < 4.78 is 11.3. The van der Waals surface area contributed by atoms with Gasteiger partial charge in [0, 0.05) is 26.4 Å². The summed E-state index contributed by atoms with van der Waals surface area (Å²) in [5.41, 5.74) is 3.06. The molecule has 5 nitrogen and oxygen atoms in total. The van der Waals surface area contributed by atoms with Crippen LogP contribution in [0.5, 0.6) is 5.75 Å². The molecular weight excluding hydrogens is 318 g/mol. The number of anilines is 1. The van der Waals surface area contributed by atoms with E-state index < -0.39 is 12.1 Å². The van der Waals surface area contributed by atoms with Crippen LogP contribution in [0.2, 0.25) is 0 Å². The van der Waals surface area contributed by atoms with Crippen molar-refractivity contribution in [2.24, 2.45) is 0 Å². The minimum Gasteiger partial charge on any atom is -0.489 e. The van der Waals surface area contributed by atoms with Gasteiger partial charge >= 0.3 is 5.97 Å². The maximum absolute atomic E-state index is 11.0. The molecule has 1 unspecified atom stereocenters. The average molecular weight is 343 g/mol. The van der Waals surface area contributed by atoms with Crippen molar-refractivity contribution in [2.75, 3.05) is 25.6 Å². The van der Waals surface area contributed by atoms with Crippen molar-refractivity contribution in [3.05, 3.63) is 59.7 Å². The first-order valence-electron chi connectivity index (χ1n) is 8.32. The third-order valence-electron chi connectivity index (χ3n) is 3.81. The van der Waals surface area contributed by atoms with Crippen molar-refractivity contribution in [1.82, 2.24) is 0 Å². The Labute approximate surface area is 148 Å². The zero-order valence-corrected chi connectivity index (χ0v) is 14.9. The summed E-state index contributed by atoms with van der Waals surface area (Å²) in [4.78, 5) is 13.0. The molecule has 1 N–H and O–H groups in total. The molecule has 0 radical (unpaired) electrons. The molecule has 2 aromatic rings. The summed E-state index contributed by atoms with van der Waals surface area (Å²) in [5, 5.41) is 8.99. The van der Waals surface area contributed by atoms with Gasteiger partial charge in [0.2, 0.25) is 0 Å². The first-order valence-corrected chi connectivity index (χ1v) is 8.32. The van der Waals surface area contributed by atoms with E-state index in [4.69, 9.17) is 14.6 Å². The number of nitrogens with zero attached hydrogens (tertiary/aromatic N) is 1. The van der Waals surface area contributed by atoms with Gasteiger partial charge in [0.05, 0.1) is 12.5 Å². The number of hydrogen-bond acceptors (Lipinski definition) is 4. The first kappa shape index (κ1) is 18.8. The van der Waals surface area contributed by atoms with E-state index in [-0.39, 0.29) is 6.42 Å². The Kier molecular flexibility index (Phi) is 6.83. The monoisotopic (exact) mass is 343 g/mol. The number of rotatable bonds is 9. The fourth-order valence-electron chi connectivity index (χ4n) is 2.50. The molecular formula is C20H25NO4. The van der Waals surface area contributed by atoms with Gasteiger partial charge in [0.15, 0.2) is 0 Å². The Hall–Kier alpha value is -2.53. The molecule has 0 bridgehead atoms. The summed E-state index contributed by atoms with van der Waals surface area (Å²) in [5.74, 6) is -0.135. The van der Waals surface area contributed by atoms with Crippen LogP contribution in [0.4, 0.5) is 5.69 Å². The number of carboxylic acid groups (broad SMARTS) is 1. The van der Waals surface area contributed by atoms with Gasteiger partial charge in [-0.15, -0.1) is 0 Å². The predicted molar refractivity (Wildman–Crippen MR) is 98.2 cm³/mol. The molecule has 0 spiro atoms. The molecule has 0 aromatic heterocycles. The maximum atomic E-state index is 11.0. The van der Waals surface area contributed by atoms with Crippen molar-refractivity contribution >= 4 is 11.7 Å². The topological polar surface area (TPSA) is 59.0 Å². The van der Waals surface area contributed by atoms with E-state index in [1.165, 1.54) is 0 Å². The highest BCUT2D eigenvalue weighted by atomic mass is 16.5. The Balaban J connectivity index is 2.00. The highest BCUT2D eigenvalue weighted by molar-refractivity contribution is 5.67. The molecule has 0 saturated carbocycles. The van der Waals surface area contributed by atoms with Crippen molar-refractivity contribution in [2.45, 2.75) is 26.1 Å². The molecule has 134 valence electrons. The minimum atomic E-state index is -0.875. The smallest absolute Gasteiger partial charge is 0.306 e. The van der Waals surface area contributed by atoms with Crippen LogP contribution in [-0.2, 0) is 16.1 Å². The molecule has 0 aliphatic carbocycles. The summed E-state index contributed by atoms with van der Waals surface area (Å²) in [6.45, 7) is 2.80. The number of carbonyl (C=O) groups is 1. The van der Waals surface area contributed by atoms with Crippen LogP contribution >= 0.6 is 0 Å². The number of benzene rings is 2. The van der Waals surface area contributed by atoms with E-state index in [1.807, 2.05) is 57.4 Å². The number of carboxylic acids is 1. The van der Waals surface area contributed by atoms with Crippen LogP contribution in [0.1, 0.15) is 30.6 Å². The number of aliphatic carboxylic acids is 1. The molecule has 0 aliphatic heterocycles. The molecule has 0 aliphatic rings. The van der Waals surface area contributed by atoms with Gasteiger partial charge in [-0.2, -0.15) is 0 Å². The normalized spacial score (nSPS) is 11.8. The fraction of sp³-hybridized carbons (Fsp3) is 0.350. The third kappa shape index (κ3) is 5.80. The van der Waals surface area contributed by atoms with Crippen LogP contribution < -0.4 is 9.64 Å². The standard InChI is InChI=1S/C20H25NO4/c1-4-24-19(13-20(22)23)16-8-10-18(11-9-16)25-14-15-6-5-7-17(12-15)21(2)3/h5-12,19H,4,13-14H2,1-3H3,(H,22,23). The Morgan fingerprint density at radius 3 is 2.48 bits per heavy atom. The second kappa shape index (κ2) is 9.08. The van der Waals surface area contributed by atoms with Gasteiger partial charge < -0.3 is 19.5 Å². The van der Waals surface area contributed by atoms with Crippen LogP contribution in [0.25, 0.3) is 0 Å². The second-order valence-corrected chi connectivity index (χ2v) is 5.96. The van der Waals surface area contributed by atoms with Gasteiger partial charge in [0.25, 0.3) is 0 Å². The lowest BCUT2D eigenvalue weighted by molar-refractivity contribution is -0.140. The molecule has 1 atom stereocenters. The van der Waals surface area contributed by atoms with Crippen molar-refractivity contribution < 1.29 is 19.4 Å². The Morgan fingerprint density at radius 2 is 1.88 bits per heavy atom. The van der Waals surface area contributed by atoms with Gasteiger partial charge in [-0.05, 0) is 42.3 Å². The van der Waals surface area contributed by atoms with E-state index in [1.54, 1.807) is 0 Å². The minimum absolute atomic E-state index is 0.0502. The van der Waals surface area contributed by atoms with Crippen molar-refractivity contribution in [3.8, 4) is 5.75 Å². The van der Waals surface area contributed by atoms with E-state index in [0.29, 0.717) is 13.2 Å². The predicted octanol–water partition coefficient (Wildman–Crippen LogP) is 3.88. The molecule has 2 aromatic carbocycles. The number of ether oxygens (including phenoxy) is 2. The summed E-state index contributed by atoms with van der Waals surface area (Å²) in [7, 11) is 4.01. The largest absolute Gasteiger partial charge is 0.489 e. The van der Waals surface area contributed by atoms with Crippen LogP contribution in [-0.4, -0.2) is 31.8 Å². The lowest BCUT2D eigenvalue weighted by Crippen LogP contribution is -2.10. The Bertz CT molecular complexity index is 682. The van der Waals surface area contributed by atoms with E-state index >= 15 is 0 Å². The lowest BCUT2D eigenvalue weighted by atomic mass is 10.1. The molecule has 2 rings (SSSR count). The average Bonchev–Trinajstić information content (AvgIpc) is 2.60. The molecule has 25 heavy (non-hydrogen) atoms. The van der Waals surface area contributed by atoms with E-state index in [2.05, 4.69) is 17.0 Å². The van der Waals surface area contributed by atoms with Crippen LogP contribution in [0.3, 0.4) is 0 Å². The summed E-state index contributed by atoms with van der Waals surface area (Å²) >= 11 is 0. The zero-order chi connectivity index (χ0) is 18.2. The quantitative estimate of drug-likeness (QED) is 0.749. The highest BCUT2D eigenvalue weighted by Gasteiger charge is 2.15. The van der Waals surface area contributed by atoms with Crippen molar-refractivity contribution in [1.29, 1.82) is 0 Å². The van der Waals surface area contributed by atoms with E-state index in [9.17, 15) is 4.79 Å². The summed E-state index contributed by atoms with van der Waals surface area (Å²) in [6.07, 6.45) is -0.487. The molecule has 5 heteroatoms. The third-order valence-corrected chi connectivity index (χ3v) is 3.81. The molecule has 0 saturated heterocycles. The summed E-state index contributed by atoms with van der Waals surface area (Å²) in [6, 6.07) is 15.6. The van der Waals surface area contributed by atoms with Gasteiger partial charge in [-0.1, -0.05) is 24.3 Å². The Morgan fingerprint density at radius 1 is 1.16 bits per heavy atom. The van der Waals surface area contributed by atoms with Gasteiger partial charge in [-0.3, -0.25) is 4.79 Å². The van der Waals surface area contributed by atoms with Crippen LogP contribution in [0.15, 0.2) is 48.5 Å². The molecule has 0 fully saturated rings. The number of hydrogen-bond donors (Lipinski definition) is 1. The lowest BCUT2D eigenvalue weighted by Gasteiger charge is -2.16. The first-order chi connectivity index (χ1) is 12.0. The van der Waals surface area contributed by atoms with Crippen LogP contribution in [0, 0.1) is 0 Å². The molecule has 0 amide bonds. The fourth-order valence-corrected chi connectivity index (χ4v) is 2.50. The van der Waals surface area contributed by atoms with Gasteiger partial charge in [0.1, 0.15) is 12.4 Å². The van der Waals surface area contributed by atoms with Gasteiger partial charge in [-0.25, -0.2) is 0 Å². The highest BCUT2D eigenvalue weighted by Crippen LogP contribution is 2.24.